The number of carbonyl (C=O) groups excluding carboxylic acids is 2. The first-order valence-electron chi connectivity index (χ1n) is 12.7. The minimum atomic E-state index is -0.813. The van der Waals surface area contributed by atoms with Crippen molar-refractivity contribution in [2.75, 3.05) is 26.4 Å². The van der Waals surface area contributed by atoms with Crippen molar-refractivity contribution in [2.24, 2.45) is 0 Å². The Kier molecular flexibility index (Phi) is 6.47. The van der Waals surface area contributed by atoms with Crippen LogP contribution in [0.5, 0.6) is 23.0 Å². The van der Waals surface area contributed by atoms with Crippen LogP contribution in [0.1, 0.15) is 30.0 Å². The van der Waals surface area contributed by atoms with E-state index in [1.807, 2.05) is 48.5 Å². The second-order valence-electron chi connectivity index (χ2n) is 9.43. The second-order valence-corrected chi connectivity index (χ2v) is 9.43. The van der Waals surface area contributed by atoms with Gasteiger partial charge in [0.1, 0.15) is 30.5 Å². The van der Waals surface area contributed by atoms with Crippen LogP contribution in [0.2, 0.25) is 0 Å². The van der Waals surface area contributed by atoms with E-state index in [-0.39, 0.29) is 24.0 Å². The lowest BCUT2D eigenvalue weighted by molar-refractivity contribution is -0.140. The molecule has 2 atom stereocenters. The van der Waals surface area contributed by atoms with Gasteiger partial charge in [0.25, 0.3) is 11.7 Å². The van der Waals surface area contributed by atoms with Crippen molar-refractivity contribution in [2.45, 2.75) is 25.0 Å². The highest BCUT2D eigenvalue weighted by molar-refractivity contribution is 6.46. The third-order valence-electron chi connectivity index (χ3n) is 6.93. The molecule has 3 aromatic carbocycles. The van der Waals surface area contributed by atoms with Crippen molar-refractivity contribution in [3.63, 3.8) is 0 Å². The lowest BCUT2D eigenvalue weighted by atomic mass is 9.95. The summed E-state index contributed by atoms with van der Waals surface area (Å²) in [6, 6.07) is 20.7. The molecule has 1 N–H and O–H groups in total. The number of amides is 1. The molecule has 0 spiro atoms. The van der Waals surface area contributed by atoms with Gasteiger partial charge < -0.3 is 29.0 Å². The second kappa shape index (κ2) is 10.2. The van der Waals surface area contributed by atoms with E-state index < -0.39 is 17.7 Å². The number of aliphatic hydroxyl groups is 1. The Balaban J connectivity index is 1.42. The number of para-hydroxylation sites is 1. The summed E-state index contributed by atoms with van der Waals surface area (Å²) in [5.74, 6) is 0.575. The normalized spacial score (nSPS) is 22.1. The van der Waals surface area contributed by atoms with Crippen molar-refractivity contribution < 1.29 is 33.6 Å². The lowest BCUT2D eigenvalue weighted by Gasteiger charge is -2.28. The molecule has 2 fully saturated rings. The summed E-state index contributed by atoms with van der Waals surface area (Å²) in [7, 11) is 0. The van der Waals surface area contributed by atoms with Gasteiger partial charge in [-0.15, -0.1) is 0 Å². The molecule has 0 unspecified atom stereocenters. The van der Waals surface area contributed by atoms with Crippen LogP contribution in [0.15, 0.2) is 78.4 Å². The number of ether oxygens (including phenoxy) is 4. The van der Waals surface area contributed by atoms with Gasteiger partial charge in [0.05, 0.1) is 17.7 Å². The van der Waals surface area contributed by atoms with E-state index in [9.17, 15) is 14.7 Å². The van der Waals surface area contributed by atoms with Crippen molar-refractivity contribution in [3.05, 3.63) is 89.5 Å². The fourth-order valence-electron chi connectivity index (χ4n) is 5.14. The van der Waals surface area contributed by atoms with Crippen LogP contribution in [0.4, 0.5) is 0 Å². The topological polar surface area (TPSA) is 94.5 Å². The van der Waals surface area contributed by atoms with Crippen molar-refractivity contribution >= 4 is 17.4 Å². The highest BCUT2D eigenvalue weighted by Gasteiger charge is 2.47. The predicted molar refractivity (Wildman–Crippen MR) is 138 cm³/mol. The number of Topliss-reactive ketones (excluding diaryl/α,β-unsaturated/α-hetero) is 1. The van der Waals surface area contributed by atoms with E-state index in [1.165, 1.54) is 4.90 Å². The smallest absolute Gasteiger partial charge is 0.295 e. The number of likely N-dealkylation sites (tertiary alicyclic amines) is 1. The minimum Gasteiger partial charge on any atom is -0.507 e. The Morgan fingerprint density at radius 2 is 1.68 bits per heavy atom. The number of ketones is 1. The molecule has 0 aliphatic carbocycles. The number of carbonyl (C=O) groups is 2. The molecule has 3 heterocycles. The molecule has 0 aromatic heterocycles. The Bertz CT molecular complexity index is 1390. The highest BCUT2D eigenvalue weighted by atomic mass is 16.6. The fourth-order valence-corrected chi connectivity index (χ4v) is 5.14. The van der Waals surface area contributed by atoms with Gasteiger partial charge in [0.15, 0.2) is 11.5 Å². The first-order valence-corrected chi connectivity index (χ1v) is 12.7. The van der Waals surface area contributed by atoms with Gasteiger partial charge in [0.2, 0.25) is 0 Å². The van der Waals surface area contributed by atoms with Gasteiger partial charge >= 0.3 is 0 Å². The van der Waals surface area contributed by atoms with Gasteiger partial charge in [-0.25, -0.2) is 0 Å². The molecule has 8 heteroatoms. The number of hydrogen-bond acceptors (Lipinski definition) is 7. The van der Waals surface area contributed by atoms with Crippen LogP contribution in [0.3, 0.4) is 0 Å². The fraction of sp³-hybridized carbons (Fsp3) is 0.267. The Morgan fingerprint density at radius 3 is 2.47 bits per heavy atom. The number of rotatable bonds is 6. The van der Waals surface area contributed by atoms with Crippen LogP contribution in [-0.4, -0.2) is 54.2 Å². The summed E-state index contributed by atoms with van der Waals surface area (Å²) in [6.45, 7) is 1.69. The first kappa shape index (κ1) is 24.1. The van der Waals surface area contributed by atoms with E-state index in [1.54, 1.807) is 24.3 Å². The SMILES string of the molecule is O=C1C(=O)N(C[C@H]2CCCO2)[C@H](c2cccc(Oc3ccccc3)c2)C1=C(O)c1ccc2c(c1)OCCO2. The van der Waals surface area contributed by atoms with Crippen LogP contribution < -0.4 is 14.2 Å². The molecule has 1 amide bonds. The molecule has 3 aromatic rings. The van der Waals surface area contributed by atoms with Gasteiger partial charge in [-0.1, -0.05) is 30.3 Å². The number of nitrogens with zero attached hydrogens (tertiary/aromatic N) is 1. The maximum Gasteiger partial charge on any atom is 0.295 e. The zero-order chi connectivity index (χ0) is 26.1. The standard InChI is InChI=1S/C30H27NO7/c32-28(20-11-12-24-25(17-20)37-15-14-36-24)26-27(31(30(34)29(26)33)18-23-10-5-13-35-23)19-6-4-9-22(16-19)38-21-7-2-1-3-8-21/h1-4,6-9,11-12,16-17,23,27,32H,5,10,13-15,18H2/t23-,27-/m1/s1. The largest absolute Gasteiger partial charge is 0.507 e. The molecule has 194 valence electrons. The summed E-state index contributed by atoms with van der Waals surface area (Å²) in [6.07, 6.45) is 1.53. The minimum absolute atomic E-state index is 0.0153. The third-order valence-corrected chi connectivity index (χ3v) is 6.93. The maximum atomic E-state index is 13.4. The van der Waals surface area contributed by atoms with Crippen LogP contribution in [0, 0.1) is 0 Å². The van der Waals surface area contributed by atoms with E-state index in [4.69, 9.17) is 18.9 Å². The molecule has 8 nitrogen and oxygen atoms in total. The van der Waals surface area contributed by atoms with Gasteiger partial charge in [-0.05, 0) is 60.9 Å². The monoisotopic (exact) mass is 513 g/mol. The zero-order valence-electron chi connectivity index (χ0n) is 20.7. The Hall–Kier alpha value is -4.30. The van der Waals surface area contributed by atoms with E-state index in [0.717, 1.165) is 12.8 Å². The van der Waals surface area contributed by atoms with Crippen LogP contribution in [-0.2, 0) is 14.3 Å². The zero-order valence-corrected chi connectivity index (χ0v) is 20.7. The van der Waals surface area contributed by atoms with Gasteiger partial charge in [-0.3, -0.25) is 9.59 Å². The van der Waals surface area contributed by atoms with Crippen LogP contribution >= 0.6 is 0 Å². The molecular weight excluding hydrogens is 486 g/mol. The molecule has 0 radical (unpaired) electrons. The molecular formula is C30H27NO7. The van der Waals surface area contributed by atoms with Gasteiger partial charge in [-0.2, -0.15) is 0 Å². The Labute approximate surface area is 220 Å². The molecule has 0 saturated carbocycles. The molecule has 3 aliphatic rings. The van der Waals surface area contributed by atoms with Crippen LogP contribution in [0.25, 0.3) is 5.76 Å². The van der Waals surface area contributed by atoms with Crippen molar-refractivity contribution in [3.8, 4) is 23.0 Å². The van der Waals surface area contributed by atoms with E-state index in [2.05, 4.69) is 0 Å². The quantitative estimate of drug-likeness (QED) is 0.286. The Morgan fingerprint density at radius 1 is 0.895 bits per heavy atom. The van der Waals surface area contributed by atoms with Crippen molar-refractivity contribution in [1.82, 2.24) is 4.90 Å². The predicted octanol–water partition coefficient (Wildman–Crippen LogP) is 4.85. The number of benzene rings is 3. The first-order chi connectivity index (χ1) is 18.6. The molecule has 38 heavy (non-hydrogen) atoms. The summed E-state index contributed by atoms with van der Waals surface area (Å²) in [4.78, 5) is 28.3. The summed E-state index contributed by atoms with van der Waals surface area (Å²) < 4.78 is 23.1. The number of fused-ring (bicyclic) bond motifs is 1. The molecule has 6 rings (SSSR count). The average molecular weight is 514 g/mol. The molecule has 0 bridgehead atoms. The number of hydrogen-bond donors (Lipinski definition) is 1. The highest BCUT2D eigenvalue weighted by Crippen LogP contribution is 2.42. The maximum absolute atomic E-state index is 13.4. The van der Waals surface area contributed by atoms with E-state index >= 15 is 0 Å². The molecule has 2 saturated heterocycles. The average Bonchev–Trinajstić information content (AvgIpc) is 3.55. The number of aliphatic hydroxyl groups excluding tert-OH is 1. The molecule has 3 aliphatic heterocycles. The third kappa shape index (κ3) is 4.59. The van der Waals surface area contributed by atoms with Gasteiger partial charge in [0, 0.05) is 18.7 Å². The summed E-state index contributed by atoms with van der Waals surface area (Å²) in [5.41, 5.74) is 1.03. The van der Waals surface area contributed by atoms with E-state index in [0.29, 0.717) is 53.9 Å². The summed E-state index contributed by atoms with van der Waals surface area (Å²) in [5, 5.41) is 11.4. The summed E-state index contributed by atoms with van der Waals surface area (Å²) >= 11 is 0. The van der Waals surface area contributed by atoms with Crippen molar-refractivity contribution in [1.29, 1.82) is 0 Å². The lowest BCUT2D eigenvalue weighted by Crippen LogP contribution is -2.36.